The van der Waals surface area contributed by atoms with Crippen molar-refractivity contribution in [3.63, 3.8) is 0 Å². The van der Waals surface area contributed by atoms with E-state index in [1.807, 2.05) is 12.1 Å². The monoisotopic (exact) mass is 238 g/mol. The molecule has 0 aliphatic rings. The lowest BCUT2D eigenvalue weighted by molar-refractivity contribution is 0.161. The molecule has 0 spiro atoms. The molecule has 0 aromatic carbocycles. The first kappa shape index (κ1) is 13.2. The molecule has 0 radical (unpaired) electrons. The normalized spacial score (nSPS) is 12.3. The van der Waals surface area contributed by atoms with Crippen LogP contribution in [0.1, 0.15) is 29.5 Å². The molecule has 0 fully saturated rings. The van der Waals surface area contributed by atoms with Crippen LogP contribution in [-0.4, -0.2) is 19.8 Å². The highest BCUT2D eigenvalue weighted by molar-refractivity contribution is 7.12. The Kier molecular flexibility index (Phi) is 6.09. The molecule has 0 saturated carbocycles. The molecule has 1 heterocycles. The zero-order valence-electron chi connectivity index (χ0n) is 9.82. The van der Waals surface area contributed by atoms with E-state index in [0.717, 1.165) is 30.9 Å². The number of rotatable bonds is 7. The first-order chi connectivity index (χ1) is 7.80. The Labute approximate surface area is 101 Å². The van der Waals surface area contributed by atoms with Gasteiger partial charge in [0, 0.05) is 24.6 Å². The van der Waals surface area contributed by atoms with Crippen LogP contribution >= 0.6 is 11.3 Å². The van der Waals surface area contributed by atoms with Crippen LogP contribution in [0.5, 0.6) is 0 Å². The van der Waals surface area contributed by atoms with Crippen LogP contribution in [0.15, 0.2) is 12.1 Å². The molecule has 1 N–H and O–H groups in total. The third-order valence-electron chi connectivity index (χ3n) is 2.34. The van der Waals surface area contributed by atoms with Crippen molar-refractivity contribution in [1.82, 2.24) is 5.32 Å². The maximum Gasteiger partial charge on any atom is 0.110 e. The molecule has 4 heteroatoms. The van der Waals surface area contributed by atoms with Gasteiger partial charge in [0.2, 0.25) is 0 Å². The predicted octanol–water partition coefficient (Wildman–Crippen LogP) is 2.52. The van der Waals surface area contributed by atoms with Gasteiger partial charge in [-0.25, -0.2) is 0 Å². The number of thiophene rings is 1. The topological polar surface area (TPSA) is 45.0 Å². The number of nitriles is 1. The lowest BCUT2D eigenvalue weighted by atomic mass is 10.2. The molecule has 0 aliphatic carbocycles. The van der Waals surface area contributed by atoms with Gasteiger partial charge in [-0.15, -0.1) is 11.3 Å². The summed E-state index contributed by atoms with van der Waals surface area (Å²) < 4.78 is 5.16. The summed E-state index contributed by atoms with van der Waals surface area (Å²) in [5.74, 6) is 0. The maximum atomic E-state index is 8.72. The van der Waals surface area contributed by atoms with E-state index in [-0.39, 0.29) is 0 Å². The zero-order valence-corrected chi connectivity index (χ0v) is 10.6. The minimum Gasteiger partial charge on any atom is -0.383 e. The van der Waals surface area contributed by atoms with E-state index < -0.39 is 0 Å². The third-order valence-corrected chi connectivity index (χ3v) is 3.33. The lowest BCUT2D eigenvalue weighted by Crippen LogP contribution is -2.32. The van der Waals surface area contributed by atoms with Crippen LogP contribution in [0.3, 0.4) is 0 Å². The molecule has 1 aromatic rings. The number of nitrogens with one attached hydrogen (secondary N) is 1. The second-order valence-electron chi connectivity index (χ2n) is 3.70. The molecule has 3 nitrogen and oxygen atoms in total. The number of ether oxygens (including phenoxy) is 1. The molecule has 0 bridgehead atoms. The van der Waals surface area contributed by atoms with Gasteiger partial charge in [0.25, 0.3) is 0 Å². The molecule has 0 amide bonds. The van der Waals surface area contributed by atoms with Crippen LogP contribution in [0.25, 0.3) is 0 Å². The summed E-state index contributed by atoms with van der Waals surface area (Å²) >= 11 is 1.55. The predicted molar refractivity (Wildman–Crippen MR) is 66.4 cm³/mol. The van der Waals surface area contributed by atoms with Crippen molar-refractivity contribution >= 4 is 11.3 Å². The third kappa shape index (κ3) is 4.31. The Morgan fingerprint density at radius 2 is 2.38 bits per heavy atom. The highest BCUT2D eigenvalue weighted by Crippen LogP contribution is 2.15. The van der Waals surface area contributed by atoms with Crippen molar-refractivity contribution in [1.29, 1.82) is 5.26 Å². The van der Waals surface area contributed by atoms with E-state index in [1.54, 1.807) is 18.4 Å². The fourth-order valence-electron chi connectivity index (χ4n) is 1.57. The molecule has 1 unspecified atom stereocenters. The van der Waals surface area contributed by atoms with Crippen molar-refractivity contribution in [3.05, 3.63) is 21.9 Å². The Hall–Kier alpha value is -0.890. The van der Waals surface area contributed by atoms with Gasteiger partial charge < -0.3 is 10.1 Å². The minimum absolute atomic E-state index is 0.405. The van der Waals surface area contributed by atoms with E-state index in [2.05, 4.69) is 18.3 Å². The minimum atomic E-state index is 0.405. The fraction of sp³-hybridized carbons (Fsp3) is 0.583. The van der Waals surface area contributed by atoms with Crippen molar-refractivity contribution in [2.75, 3.05) is 13.7 Å². The van der Waals surface area contributed by atoms with Crippen molar-refractivity contribution in [3.8, 4) is 6.07 Å². The number of nitrogens with zero attached hydrogens (tertiary/aromatic N) is 1. The van der Waals surface area contributed by atoms with Gasteiger partial charge in [0.15, 0.2) is 0 Å². The van der Waals surface area contributed by atoms with Gasteiger partial charge >= 0.3 is 0 Å². The molecule has 1 rings (SSSR count). The van der Waals surface area contributed by atoms with E-state index in [9.17, 15) is 0 Å². The average molecular weight is 238 g/mol. The van der Waals surface area contributed by atoms with Gasteiger partial charge in [-0.05, 0) is 18.6 Å². The molecule has 1 aromatic heterocycles. The SMILES string of the molecule is CCCC(COC)NCc1ccc(C#N)s1. The second kappa shape index (κ2) is 7.39. The zero-order chi connectivity index (χ0) is 11.8. The number of hydrogen-bond donors (Lipinski definition) is 1. The van der Waals surface area contributed by atoms with E-state index in [4.69, 9.17) is 10.00 Å². The molecule has 88 valence electrons. The Bertz CT molecular complexity index is 337. The molecule has 0 saturated heterocycles. The maximum absolute atomic E-state index is 8.72. The lowest BCUT2D eigenvalue weighted by Gasteiger charge is -2.16. The van der Waals surface area contributed by atoms with Crippen LogP contribution in [0.4, 0.5) is 0 Å². The number of methoxy groups -OCH3 is 1. The Morgan fingerprint density at radius 3 is 2.94 bits per heavy atom. The van der Waals surface area contributed by atoms with Gasteiger partial charge in [-0.2, -0.15) is 5.26 Å². The summed E-state index contributed by atoms with van der Waals surface area (Å²) in [6, 6.07) is 6.43. The first-order valence-electron chi connectivity index (χ1n) is 5.51. The van der Waals surface area contributed by atoms with Crippen LogP contribution in [0.2, 0.25) is 0 Å². The standard InChI is InChI=1S/C12H18N2OS/c1-3-4-10(9-15-2)14-8-12-6-5-11(7-13)16-12/h5-6,10,14H,3-4,8-9H2,1-2H3. The van der Waals surface area contributed by atoms with Crippen molar-refractivity contribution in [2.45, 2.75) is 32.4 Å². The van der Waals surface area contributed by atoms with Gasteiger partial charge in [0.1, 0.15) is 10.9 Å². The van der Waals surface area contributed by atoms with Crippen LogP contribution in [0, 0.1) is 11.3 Å². The summed E-state index contributed by atoms with van der Waals surface area (Å²) in [5.41, 5.74) is 0. The van der Waals surface area contributed by atoms with Gasteiger partial charge in [-0.1, -0.05) is 13.3 Å². The van der Waals surface area contributed by atoms with Gasteiger partial charge in [0.05, 0.1) is 6.61 Å². The van der Waals surface area contributed by atoms with E-state index >= 15 is 0 Å². The second-order valence-corrected chi connectivity index (χ2v) is 4.87. The quantitative estimate of drug-likeness (QED) is 0.794. The highest BCUT2D eigenvalue weighted by Gasteiger charge is 2.07. The molecular weight excluding hydrogens is 220 g/mol. The van der Waals surface area contributed by atoms with Crippen molar-refractivity contribution < 1.29 is 4.74 Å². The summed E-state index contributed by atoms with van der Waals surface area (Å²) in [6.07, 6.45) is 2.26. The average Bonchev–Trinajstić information content (AvgIpc) is 2.74. The summed E-state index contributed by atoms with van der Waals surface area (Å²) in [7, 11) is 1.73. The molecular formula is C12H18N2OS. The fourth-order valence-corrected chi connectivity index (χ4v) is 2.33. The van der Waals surface area contributed by atoms with Gasteiger partial charge in [-0.3, -0.25) is 0 Å². The number of hydrogen-bond acceptors (Lipinski definition) is 4. The molecule has 0 aliphatic heterocycles. The largest absolute Gasteiger partial charge is 0.383 e. The van der Waals surface area contributed by atoms with Crippen LogP contribution in [-0.2, 0) is 11.3 Å². The first-order valence-corrected chi connectivity index (χ1v) is 6.33. The Morgan fingerprint density at radius 1 is 1.56 bits per heavy atom. The van der Waals surface area contributed by atoms with E-state index in [1.165, 1.54) is 4.88 Å². The molecule has 1 atom stereocenters. The smallest absolute Gasteiger partial charge is 0.110 e. The summed E-state index contributed by atoms with van der Waals surface area (Å²) in [4.78, 5) is 1.98. The summed E-state index contributed by atoms with van der Waals surface area (Å²) in [5, 5.41) is 12.2. The van der Waals surface area contributed by atoms with Crippen molar-refractivity contribution in [2.24, 2.45) is 0 Å². The van der Waals surface area contributed by atoms with E-state index in [0.29, 0.717) is 6.04 Å². The Balaban J connectivity index is 2.39. The molecule has 16 heavy (non-hydrogen) atoms. The van der Waals surface area contributed by atoms with Crippen LogP contribution < -0.4 is 5.32 Å². The highest BCUT2D eigenvalue weighted by atomic mass is 32.1. The summed E-state index contributed by atoms with van der Waals surface area (Å²) in [6.45, 7) is 3.73.